The van der Waals surface area contributed by atoms with E-state index in [2.05, 4.69) is 0 Å². The maximum absolute atomic E-state index is 13.0. The highest BCUT2D eigenvalue weighted by atomic mass is 19.1. The van der Waals surface area contributed by atoms with Gasteiger partial charge in [0.25, 0.3) is 5.91 Å². The van der Waals surface area contributed by atoms with Gasteiger partial charge in [-0.2, -0.15) is 5.26 Å². The van der Waals surface area contributed by atoms with E-state index in [1.54, 1.807) is 20.0 Å². The molecule has 0 atom stereocenters. The van der Waals surface area contributed by atoms with Crippen LogP contribution in [0.1, 0.15) is 22.3 Å². The van der Waals surface area contributed by atoms with E-state index in [1.807, 2.05) is 6.07 Å². The first-order valence-corrected chi connectivity index (χ1v) is 4.95. The molecule has 0 saturated carbocycles. The second-order valence-corrected chi connectivity index (χ2v) is 3.59. The van der Waals surface area contributed by atoms with E-state index < -0.39 is 5.82 Å². The van der Waals surface area contributed by atoms with Crippen LogP contribution >= 0.6 is 0 Å². The van der Waals surface area contributed by atoms with Gasteiger partial charge in [0.05, 0.1) is 12.5 Å². The molecule has 0 unspecified atom stereocenters. The SMILES string of the molecule is Cc1ccc(F)cc1C(=O)N(C)CCC#N. The molecule has 0 spiro atoms. The number of aryl methyl sites for hydroxylation is 1. The van der Waals surface area contributed by atoms with Crippen molar-refractivity contribution >= 4 is 5.91 Å². The molecule has 0 heterocycles. The normalized spacial score (nSPS) is 9.62. The third-order valence-corrected chi connectivity index (χ3v) is 2.34. The standard InChI is InChI=1S/C12H13FN2O/c1-9-4-5-10(13)8-11(9)12(16)15(2)7-3-6-14/h4-5,8H,3,7H2,1-2H3. The molecule has 1 amide bonds. The van der Waals surface area contributed by atoms with E-state index in [4.69, 9.17) is 5.26 Å². The fourth-order valence-corrected chi connectivity index (χ4v) is 1.35. The number of rotatable bonds is 3. The van der Waals surface area contributed by atoms with E-state index >= 15 is 0 Å². The molecule has 4 heteroatoms. The van der Waals surface area contributed by atoms with E-state index in [0.717, 1.165) is 5.56 Å². The quantitative estimate of drug-likeness (QED) is 0.783. The number of halogens is 1. The molecular formula is C12H13FN2O. The highest BCUT2D eigenvalue weighted by Gasteiger charge is 2.14. The number of amides is 1. The van der Waals surface area contributed by atoms with Crippen LogP contribution in [0.2, 0.25) is 0 Å². The molecule has 1 aromatic rings. The van der Waals surface area contributed by atoms with Gasteiger partial charge in [-0.25, -0.2) is 4.39 Å². The minimum Gasteiger partial charge on any atom is -0.341 e. The zero-order valence-corrected chi connectivity index (χ0v) is 9.33. The number of benzene rings is 1. The summed E-state index contributed by atoms with van der Waals surface area (Å²) in [7, 11) is 1.60. The van der Waals surface area contributed by atoms with Crippen molar-refractivity contribution in [2.75, 3.05) is 13.6 Å². The molecule has 1 rings (SSSR count). The first kappa shape index (κ1) is 12.2. The van der Waals surface area contributed by atoms with Crippen LogP contribution in [0.3, 0.4) is 0 Å². The molecular weight excluding hydrogens is 207 g/mol. The minimum absolute atomic E-state index is 0.257. The van der Waals surface area contributed by atoms with Crippen LogP contribution < -0.4 is 0 Å². The Bertz CT molecular complexity index is 437. The van der Waals surface area contributed by atoms with Crippen molar-refractivity contribution in [1.29, 1.82) is 5.26 Å². The van der Waals surface area contributed by atoms with Gasteiger partial charge in [0.1, 0.15) is 5.82 Å². The van der Waals surface area contributed by atoms with Crippen molar-refractivity contribution in [3.05, 3.63) is 35.1 Å². The molecule has 0 N–H and O–H groups in total. The Kier molecular flexibility index (Phi) is 4.01. The Balaban J connectivity index is 2.88. The predicted molar refractivity (Wildman–Crippen MR) is 58.3 cm³/mol. The second-order valence-electron chi connectivity index (χ2n) is 3.59. The van der Waals surface area contributed by atoms with E-state index in [1.165, 1.54) is 17.0 Å². The van der Waals surface area contributed by atoms with E-state index in [-0.39, 0.29) is 12.3 Å². The number of carbonyl (C=O) groups is 1. The molecule has 0 aliphatic carbocycles. The van der Waals surface area contributed by atoms with Crippen molar-refractivity contribution in [3.63, 3.8) is 0 Å². The molecule has 0 fully saturated rings. The molecule has 0 aliphatic rings. The van der Waals surface area contributed by atoms with Gasteiger partial charge in [-0.15, -0.1) is 0 Å². The van der Waals surface area contributed by atoms with Gasteiger partial charge in [-0.1, -0.05) is 6.07 Å². The molecule has 3 nitrogen and oxygen atoms in total. The largest absolute Gasteiger partial charge is 0.341 e. The smallest absolute Gasteiger partial charge is 0.253 e. The summed E-state index contributed by atoms with van der Waals surface area (Å²) in [5, 5.41) is 8.42. The Morgan fingerprint density at radius 3 is 2.88 bits per heavy atom. The van der Waals surface area contributed by atoms with Crippen LogP contribution in [0.15, 0.2) is 18.2 Å². The van der Waals surface area contributed by atoms with Crippen LogP contribution in [-0.4, -0.2) is 24.4 Å². The summed E-state index contributed by atoms with van der Waals surface area (Å²) >= 11 is 0. The summed E-state index contributed by atoms with van der Waals surface area (Å²) in [5.74, 6) is -0.685. The summed E-state index contributed by atoms with van der Waals surface area (Å²) in [4.78, 5) is 13.3. The van der Waals surface area contributed by atoms with Crippen molar-refractivity contribution in [2.24, 2.45) is 0 Å². The minimum atomic E-state index is -0.428. The van der Waals surface area contributed by atoms with Crippen LogP contribution in [0.5, 0.6) is 0 Å². The lowest BCUT2D eigenvalue weighted by Gasteiger charge is -2.16. The van der Waals surface area contributed by atoms with Gasteiger partial charge in [-0.3, -0.25) is 4.79 Å². The van der Waals surface area contributed by atoms with Gasteiger partial charge >= 0.3 is 0 Å². The highest BCUT2D eigenvalue weighted by molar-refractivity contribution is 5.95. The number of hydrogen-bond donors (Lipinski definition) is 0. The first-order chi connectivity index (χ1) is 7.56. The van der Waals surface area contributed by atoms with Crippen LogP contribution in [0.25, 0.3) is 0 Å². The topological polar surface area (TPSA) is 44.1 Å². The Morgan fingerprint density at radius 1 is 1.56 bits per heavy atom. The van der Waals surface area contributed by atoms with Crippen LogP contribution in [0.4, 0.5) is 4.39 Å². The predicted octanol–water partition coefficient (Wildman–Crippen LogP) is 2.12. The third-order valence-electron chi connectivity index (χ3n) is 2.34. The highest BCUT2D eigenvalue weighted by Crippen LogP contribution is 2.12. The molecule has 16 heavy (non-hydrogen) atoms. The van der Waals surface area contributed by atoms with Gasteiger partial charge < -0.3 is 4.90 Å². The number of nitriles is 1. The lowest BCUT2D eigenvalue weighted by atomic mass is 10.1. The van der Waals surface area contributed by atoms with Crippen molar-refractivity contribution < 1.29 is 9.18 Å². The zero-order chi connectivity index (χ0) is 12.1. The lowest BCUT2D eigenvalue weighted by molar-refractivity contribution is 0.0797. The molecule has 0 bridgehead atoms. The summed E-state index contributed by atoms with van der Waals surface area (Å²) in [6, 6.07) is 6.08. The fourth-order valence-electron chi connectivity index (χ4n) is 1.35. The van der Waals surface area contributed by atoms with E-state index in [0.29, 0.717) is 12.1 Å². The maximum Gasteiger partial charge on any atom is 0.253 e. The summed E-state index contributed by atoms with van der Waals surface area (Å²) < 4.78 is 13.0. The van der Waals surface area contributed by atoms with E-state index in [9.17, 15) is 9.18 Å². The maximum atomic E-state index is 13.0. The van der Waals surface area contributed by atoms with Crippen molar-refractivity contribution in [2.45, 2.75) is 13.3 Å². The number of nitrogens with zero attached hydrogens (tertiary/aromatic N) is 2. The Morgan fingerprint density at radius 2 is 2.25 bits per heavy atom. The second kappa shape index (κ2) is 5.26. The lowest BCUT2D eigenvalue weighted by Crippen LogP contribution is -2.28. The summed E-state index contributed by atoms with van der Waals surface area (Å²) in [6.45, 7) is 2.11. The van der Waals surface area contributed by atoms with Gasteiger partial charge in [-0.05, 0) is 24.6 Å². The number of carbonyl (C=O) groups excluding carboxylic acids is 1. The average Bonchev–Trinajstić information content (AvgIpc) is 2.28. The van der Waals surface area contributed by atoms with Crippen molar-refractivity contribution in [3.8, 4) is 6.07 Å². The molecule has 0 saturated heterocycles. The molecule has 84 valence electrons. The van der Waals surface area contributed by atoms with Gasteiger partial charge in [0, 0.05) is 19.2 Å². The van der Waals surface area contributed by atoms with Crippen LogP contribution in [0, 0.1) is 24.1 Å². The van der Waals surface area contributed by atoms with Crippen molar-refractivity contribution in [1.82, 2.24) is 4.90 Å². The molecule has 0 radical (unpaired) electrons. The summed E-state index contributed by atoms with van der Waals surface area (Å²) in [5.41, 5.74) is 1.08. The average molecular weight is 220 g/mol. The molecule has 0 aromatic heterocycles. The third kappa shape index (κ3) is 2.80. The Hall–Kier alpha value is -1.89. The fraction of sp³-hybridized carbons (Fsp3) is 0.333. The molecule has 1 aromatic carbocycles. The zero-order valence-electron chi connectivity index (χ0n) is 9.33. The number of hydrogen-bond acceptors (Lipinski definition) is 2. The van der Waals surface area contributed by atoms with Gasteiger partial charge in [0.2, 0.25) is 0 Å². The monoisotopic (exact) mass is 220 g/mol. The van der Waals surface area contributed by atoms with Gasteiger partial charge in [0.15, 0.2) is 0 Å². The summed E-state index contributed by atoms with van der Waals surface area (Å²) in [6.07, 6.45) is 0.274. The Labute approximate surface area is 94.1 Å². The first-order valence-electron chi connectivity index (χ1n) is 4.95. The molecule has 0 aliphatic heterocycles. The van der Waals surface area contributed by atoms with Crippen LogP contribution in [-0.2, 0) is 0 Å².